The smallest absolute Gasteiger partial charge is 0.241 e. The van der Waals surface area contributed by atoms with Gasteiger partial charge in [-0.1, -0.05) is 0 Å². The summed E-state index contributed by atoms with van der Waals surface area (Å²) in [6.45, 7) is 11.5. The molecule has 136 valence electrons. The SMILES string of the molecule is COCC1(CNS(=O)(=O)c2c(C)c(C)c(C)c(C)c2C)CCCN1. The Labute approximate surface area is 146 Å². The fourth-order valence-electron chi connectivity index (χ4n) is 3.64. The van der Waals surface area contributed by atoms with E-state index in [1.165, 1.54) is 0 Å². The Balaban J connectivity index is 2.35. The number of benzene rings is 1. The van der Waals surface area contributed by atoms with Gasteiger partial charge in [-0.2, -0.15) is 0 Å². The fraction of sp³-hybridized carbons (Fsp3) is 0.667. The van der Waals surface area contributed by atoms with Gasteiger partial charge in [-0.05, 0) is 81.8 Å². The molecular formula is C18H30N2O3S. The van der Waals surface area contributed by atoms with Crippen LogP contribution in [0.4, 0.5) is 0 Å². The summed E-state index contributed by atoms with van der Waals surface area (Å²) in [7, 11) is -1.92. The number of methoxy groups -OCH3 is 1. The molecule has 2 N–H and O–H groups in total. The van der Waals surface area contributed by atoms with Crippen LogP contribution < -0.4 is 10.0 Å². The highest BCUT2D eigenvalue weighted by molar-refractivity contribution is 7.89. The van der Waals surface area contributed by atoms with E-state index in [-0.39, 0.29) is 5.54 Å². The molecule has 0 amide bonds. The van der Waals surface area contributed by atoms with Crippen molar-refractivity contribution in [3.8, 4) is 0 Å². The molecular weight excluding hydrogens is 324 g/mol. The monoisotopic (exact) mass is 354 g/mol. The van der Waals surface area contributed by atoms with Gasteiger partial charge in [0.05, 0.1) is 17.0 Å². The Kier molecular flexibility index (Phi) is 5.75. The molecule has 1 saturated heterocycles. The molecule has 1 atom stereocenters. The van der Waals surface area contributed by atoms with Crippen molar-refractivity contribution in [1.82, 2.24) is 10.0 Å². The van der Waals surface area contributed by atoms with Crippen LogP contribution >= 0.6 is 0 Å². The van der Waals surface area contributed by atoms with Gasteiger partial charge in [0.2, 0.25) is 10.0 Å². The lowest BCUT2D eigenvalue weighted by Gasteiger charge is -2.29. The van der Waals surface area contributed by atoms with Crippen LogP contribution in [0, 0.1) is 34.6 Å². The summed E-state index contributed by atoms with van der Waals surface area (Å²) in [6, 6.07) is 0. The molecule has 0 spiro atoms. The number of hydrogen-bond donors (Lipinski definition) is 2. The quantitative estimate of drug-likeness (QED) is 0.822. The average Bonchev–Trinajstić information content (AvgIpc) is 2.99. The number of rotatable bonds is 6. The molecule has 6 heteroatoms. The molecule has 1 fully saturated rings. The highest BCUT2D eigenvalue weighted by atomic mass is 32.2. The van der Waals surface area contributed by atoms with E-state index in [2.05, 4.69) is 10.0 Å². The van der Waals surface area contributed by atoms with Crippen molar-refractivity contribution in [2.45, 2.75) is 57.9 Å². The molecule has 24 heavy (non-hydrogen) atoms. The van der Waals surface area contributed by atoms with E-state index in [4.69, 9.17) is 4.74 Å². The Morgan fingerprint density at radius 3 is 2.04 bits per heavy atom. The maximum atomic E-state index is 13.0. The molecule has 1 aliphatic rings. The largest absolute Gasteiger partial charge is 0.383 e. The lowest BCUT2D eigenvalue weighted by molar-refractivity contribution is 0.122. The van der Waals surface area contributed by atoms with E-state index in [0.29, 0.717) is 18.0 Å². The summed E-state index contributed by atoms with van der Waals surface area (Å²) in [6.07, 6.45) is 1.94. The second kappa shape index (κ2) is 7.12. The van der Waals surface area contributed by atoms with E-state index < -0.39 is 10.0 Å². The van der Waals surface area contributed by atoms with Crippen molar-refractivity contribution in [1.29, 1.82) is 0 Å². The maximum Gasteiger partial charge on any atom is 0.241 e. The first kappa shape index (κ1) is 19.4. The van der Waals surface area contributed by atoms with Crippen LogP contribution in [0.1, 0.15) is 40.7 Å². The minimum Gasteiger partial charge on any atom is -0.383 e. The van der Waals surface area contributed by atoms with Gasteiger partial charge >= 0.3 is 0 Å². The summed E-state index contributed by atoms with van der Waals surface area (Å²) in [4.78, 5) is 0.425. The zero-order valence-corrected chi connectivity index (χ0v) is 16.5. The van der Waals surface area contributed by atoms with Gasteiger partial charge in [-0.25, -0.2) is 13.1 Å². The number of hydrogen-bond acceptors (Lipinski definition) is 4. The third kappa shape index (κ3) is 3.52. The van der Waals surface area contributed by atoms with Gasteiger partial charge in [-0.3, -0.25) is 0 Å². The maximum absolute atomic E-state index is 13.0. The molecule has 1 aromatic carbocycles. The molecule has 1 unspecified atom stereocenters. The Bertz CT molecular complexity index is 691. The van der Waals surface area contributed by atoms with Gasteiger partial charge in [0.15, 0.2) is 0 Å². The topological polar surface area (TPSA) is 67.4 Å². The van der Waals surface area contributed by atoms with Crippen molar-refractivity contribution in [3.05, 3.63) is 27.8 Å². The zero-order chi connectivity index (χ0) is 18.1. The summed E-state index contributed by atoms with van der Waals surface area (Å²) in [5.41, 5.74) is 4.62. The average molecular weight is 355 g/mol. The molecule has 0 radical (unpaired) electrons. The van der Waals surface area contributed by atoms with Crippen molar-refractivity contribution >= 4 is 10.0 Å². The molecule has 0 aliphatic carbocycles. The summed E-state index contributed by atoms with van der Waals surface area (Å²) in [5.74, 6) is 0. The second-order valence-electron chi connectivity index (χ2n) is 7.02. The predicted molar refractivity (Wildman–Crippen MR) is 97.2 cm³/mol. The van der Waals surface area contributed by atoms with Crippen LogP contribution in [-0.4, -0.2) is 40.8 Å². The Morgan fingerprint density at radius 2 is 1.58 bits per heavy atom. The van der Waals surface area contributed by atoms with E-state index in [0.717, 1.165) is 47.2 Å². The van der Waals surface area contributed by atoms with E-state index >= 15 is 0 Å². The third-order valence-corrected chi connectivity index (χ3v) is 7.23. The van der Waals surface area contributed by atoms with Crippen LogP contribution in [0.25, 0.3) is 0 Å². The summed E-state index contributed by atoms with van der Waals surface area (Å²) >= 11 is 0. The molecule has 1 aromatic rings. The molecule has 0 bridgehead atoms. The lowest BCUT2D eigenvalue weighted by atomic mass is 9.95. The van der Waals surface area contributed by atoms with Gasteiger partial charge in [-0.15, -0.1) is 0 Å². The normalized spacial score (nSPS) is 21.4. The molecule has 0 aromatic heterocycles. The third-order valence-electron chi connectivity index (χ3n) is 5.55. The van der Waals surface area contributed by atoms with Crippen LogP contribution in [0.5, 0.6) is 0 Å². The van der Waals surface area contributed by atoms with Crippen molar-refractivity contribution in [2.75, 3.05) is 26.8 Å². The summed E-state index contributed by atoms with van der Waals surface area (Å²) < 4.78 is 34.2. The number of ether oxygens (including phenoxy) is 1. The standard InChI is InChI=1S/C18H30N2O3S/c1-12-13(2)15(4)17(16(5)14(12)3)24(21,22)20-10-18(11-23-6)8-7-9-19-18/h19-20H,7-11H2,1-6H3. The molecule has 1 heterocycles. The summed E-state index contributed by atoms with van der Waals surface area (Å²) in [5, 5.41) is 3.40. The number of nitrogens with one attached hydrogen (secondary N) is 2. The van der Waals surface area contributed by atoms with Gasteiger partial charge in [0, 0.05) is 13.7 Å². The van der Waals surface area contributed by atoms with Gasteiger partial charge in [0.25, 0.3) is 0 Å². The van der Waals surface area contributed by atoms with Gasteiger partial charge in [0.1, 0.15) is 0 Å². The molecule has 2 rings (SSSR count). The van der Waals surface area contributed by atoms with Crippen LogP contribution in [-0.2, 0) is 14.8 Å². The van der Waals surface area contributed by atoms with Crippen LogP contribution in [0.3, 0.4) is 0 Å². The molecule has 0 saturated carbocycles. The van der Waals surface area contributed by atoms with Crippen LogP contribution in [0.2, 0.25) is 0 Å². The molecule has 5 nitrogen and oxygen atoms in total. The van der Waals surface area contributed by atoms with Crippen molar-refractivity contribution < 1.29 is 13.2 Å². The van der Waals surface area contributed by atoms with Crippen molar-refractivity contribution in [3.63, 3.8) is 0 Å². The Hall–Kier alpha value is -0.950. The van der Waals surface area contributed by atoms with E-state index in [1.54, 1.807) is 7.11 Å². The zero-order valence-electron chi connectivity index (χ0n) is 15.7. The van der Waals surface area contributed by atoms with Crippen molar-refractivity contribution in [2.24, 2.45) is 0 Å². The number of sulfonamides is 1. The predicted octanol–water partition coefficient (Wildman–Crippen LogP) is 2.28. The van der Waals surface area contributed by atoms with E-state index in [1.807, 2.05) is 34.6 Å². The Morgan fingerprint density at radius 1 is 1.04 bits per heavy atom. The van der Waals surface area contributed by atoms with E-state index in [9.17, 15) is 8.42 Å². The minimum absolute atomic E-state index is 0.307. The first-order chi connectivity index (χ1) is 11.2. The highest BCUT2D eigenvalue weighted by Crippen LogP contribution is 2.30. The first-order valence-electron chi connectivity index (χ1n) is 8.46. The lowest BCUT2D eigenvalue weighted by Crippen LogP contribution is -2.53. The minimum atomic E-state index is -3.57. The van der Waals surface area contributed by atoms with Gasteiger partial charge < -0.3 is 10.1 Å². The highest BCUT2D eigenvalue weighted by Gasteiger charge is 2.35. The fourth-order valence-corrected chi connectivity index (χ4v) is 5.37. The van der Waals surface area contributed by atoms with Crippen LogP contribution in [0.15, 0.2) is 4.90 Å². The first-order valence-corrected chi connectivity index (χ1v) is 9.94. The second-order valence-corrected chi connectivity index (χ2v) is 8.73. The molecule has 1 aliphatic heterocycles.